The highest BCUT2D eigenvalue weighted by Crippen LogP contribution is 2.40. The molecular weight excluding hydrogens is 721 g/mol. The number of sulfonamides is 1. The molecule has 0 spiro atoms. The molecule has 3 aromatic rings. The van der Waals surface area contributed by atoms with Gasteiger partial charge in [-0.2, -0.15) is 22.0 Å². The smallest absolute Gasteiger partial charge is 0.492 e. The Balaban J connectivity index is 1.54. The van der Waals surface area contributed by atoms with Crippen molar-refractivity contribution in [1.29, 1.82) is 0 Å². The van der Waals surface area contributed by atoms with Gasteiger partial charge in [-0.15, -0.1) is 0 Å². The summed E-state index contributed by atoms with van der Waals surface area (Å²) >= 11 is 5.94. The quantitative estimate of drug-likeness (QED) is 0.164. The molecule has 2 N–H and O–H groups in total. The van der Waals surface area contributed by atoms with Crippen molar-refractivity contribution >= 4 is 33.5 Å². The summed E-state index contributed by atoms with van der Waals surface area (Å²) in [6.07, 6.45) is -0.357. The zero-order valence-corrected chi connectivity index (χ0v) is 28.9. The van der Waals surface area contributed by atoms with Crippen LogP contribution in [0.4, 0.5) is 22.0 Å². The molecule has 0 unspecified atom stereocenters. The Labute approximate surface area is 297 Å². The average molecular weight is 758 g/mol. The molecule has 16 heteroatoms. The highest BCUT2D eigenvalue weighted by atomic mass is 35.5. The van der Waals surface area contributed by atoms with Gasteiger partial charge in [-0.3, -0.25) is 4.79 Å². The maximum atomic E-state index is 16.8. The van der Waals surface area contributed by atoms with Gasteiger partial charge in [0, 0.05) is 29.7 Å². The van der Waals surface area contributed by atoms with E-state index in [0.29, 0.717) is 22.8 Å². The van der Waals surface area contributed by atoms with Gasteiger partial charge in [0.2, 0.25) is 6.04 Å². The zero-order valence-electron chi connectivity index (χ0n) is 27.3. The lowest BCUT2D eigenvalue weighted by atomic mass is 9.90. The molecule has 1 aliphatic heterocycles. The number of rotatable bonds is 11. The normalized spacial score (nSPS) is 17.3. The van der Waals surface area contributed by atoms with E-state index < -0.39 is 61.0 Å². The number of nitrogens with two attached hydrogens (primary N) is 1. The van der Waals surface area contributed by atoms with E-state index in [0.717, 1.165) is 61.3 Å². The first kappa shape index (κ1) is 38.4. The van der Waals surface area contributed by atoms with E-state index in [1.807, 2.05) is 0 Å². The molecule has 2 fully saturated rings. The molecular formula is C35H37ClF5N3O6S. The minimum atomic E-state index is -5.81. The van der Waals surface area contributed by atoms with Gasteiger partial charge < -0.3 is 20.2 Å². The van der Waals surface area contributed by atoms with Crippen molar-refractivity contribution in [3.63, 3.8) is 0 Å². The molecule has 9 nitrogen and oxygen atoms in total. The first-order valence-corrected chi connectivity index (χ1v) is 18.2. The first-order chi connectivity index (χ1) is 24.1. The van der Waals surface area contributed by atoms with Gasteiger partial charge in [0.15, 0.2) is 0 Å². The molecule has 0 aromatic heterocycles. The molecule has 1 atom stereocenters. The van der Waals surface area contributed by atoms with Crippen molar-refractivity contribution < 1.29 is 49.5 Å². The summed E-state index contributed by atoms with van der Waals surface area (Å²) in [6, 6.07) is 11.3. The number of carbonyl (C=O) groups excluding carboxylic acids is 2. The Morgan fingerprint density at radius 3 is 1.94 bits per heavy atom. The lowest BCUT2D eigenvalue weighted by Gasteiger charge is -2.38. The van der Waals surface area contributed by atoms with Gasteiger partial charge in [-0.05, 0) is 83.6 Å². The molecule has 1 aliphatic carbocycles. The van der Waals surface area contributed by atoms with Crippen LogP contribution in [0, 0.1) is 5.92 Å². The van der Waals surface area contributed by atoms with Gasteiger partial charge in [0.05, 0.1) is 11.5 Å². The molecule has 1 heterocycles. The molecule has 51 heavy (non-hydrogen) atoms. The highest BCUT2D eigenvalue weighted by molar-refractivity contribution is 7.89. The molecule has 5 rings (SSSR count). The van der Waals surface area contributed by atoms with Gasteiger partial charge in [-0.25, -0.2) is 13.2 Å². The first-order valence-electron chi connectivity index (χ1n) is 16.4. The topological polar surface area (TPSA) is 119 Å². The van der Waals surface area contributed by atoms with Crippen LogP contribution in [0.25, 0.3) is 11.1 Å². The van der Waals surface area contributed by atoms with Crippen LogP contribution in [0.3, 0.4) is 0 Å². The molecule has 0 radical (unpaired) electrons. The summed E-state index contributed by atoms with van der Waals surface area (Å²) in [5.41, 5.74) is 6.01. The van der Waals surface area contributed by atoms with Crippen LogP contribution < -0.4 is 10.5 Å². The Hall–Kier alpha value is -3.79. The van der Waals surface area contributed by atoms with Crippen molar-refractivity contribution in [1.82, 2.24) is 9.37 Å². The van der Waals surface area contributed by atoms with Crippen LogP contribution >= 0.6 is 11.6 Å². The number of hydrogen-bond donors (Lipinski definition) is 1. The summed E-state index contributed by atoms with van der Waals surface area (Å²) < 4.78 is 107. The summed E-state index contributed by atoms with van der Waals surface area (Å²) in [4.78, 5) is 30.5. The summed E-state index contributed by atoms with van der Waals surface area (Å²) in [5.74, 6) is -8.73. The van der Waals surface area contributed by atoms with Crippen LogP contribution in [0.2, 0.25) is 5.02 Å². The fourth-order valence-corrected chi connectivity index (χ4v) is 7.59. The monoisotopic (exact) mass is 757 g/mol. The van der Waals surface area contributed by atoms with E-state index in [1.165, 1.54) is 24.3 Å². The number of benzene rings is 3. The number of hydrogen-bond acceptors (Lipinski definition) is 7. The highest BCUT2D eigenvalue weighted by Gasteiger charge is 2.58. The minimum Gasteiger partial charge on any atom is -0.493 e. The molecule has 2 aliphatic rings. The number of hydroxylamine groups is 1. The number of alkyl halides is 5. The van der Waals surface area contributed by atoms with Crippen molar-refractivity contribution in [2.75, 3.05) is 19.7 Å². The molecule has 1 amide bonds. The van der Waals surface area contributed by atoms with Crippen molar-refractivity contribution in [2.24, 2.45) is 11.7 Å². The van der Waals surface area contributed by atoms with Crippen LogP contribution in [-0.4, -0.2) is 67.6 Å². The van der Waals surface area contributed by atoms with Gasteiger partial charge in [0.1, 0.15) is 5.75 Å². The summed E-state index contributed by atoms with van der Waals surface area (Å²) in [5, 5.41) is 0.429. The molecule has 3 aromatic carbocycles. The fraction of sp³-hybridized carbons (Fsp3) is 0.429. The maximum absolute atomic E-state index is 16.8. The van der Waals surface area contributed by atoms with Crippen LogP contribution in [0.5, 0.6) is 5.75 Å². The number of likely N-dealkylation sites (tertiary alicyclic amines) is 1. The fourth-order valence-electron chi connectivity index (χ4n) is 6.11. The van der Waals surface area contributed by atoms with E-state index in [4.69, 9.17) is 22.1 Å². The van der Waals surface area contributed by atoms with E-state index in [-0.39, 0.29) is 37.6 Å². The minimum absolute atomic E-state index is 0.150. The number of amides is 1. The van der Waals surface area contributed by atoms with E-state index in [1.54, 1.807) is 24.3 Å². The second-order valence-corrected chi connectivity index (χ2v) is 14.9. The third kappa shape index (κ3) is 9.18. The molecule has 0 bridgehead atoms. The Morgan fingerprint density at radius 1 is 0.843 bits per heavy atom. The molecule has 1 saturated heterocycles. The van der Waals surface area contributed by atoms with E-state index >= 15 is 8.78 Å². The number of piperidine rings is 1. The number of nitrogens with zero attached hydrogens (tertiary/aromatic N) is 2. The predicted octanol–water partition coefficient (Wildman–Crippen LogP) is 7.09. The van der Waals surface area contributed by atoms with Crippen LogP contribution in [0.15, 0.2) is 77.7 Å². The lowest BCUT2D eigenvalue weighted by Crippen LogP contribution is -2.60. The third-order valence-electron chi connectivity index (χ3n) is 9.06. The standard InChI is InChI=1S/C35H37ClF5N3O6S/c36-27-12-8-25(9-13-27)24-6-10-26(11-7-24)34(37,38)31(32(45)43-20-18-28(42)19-21-43)44(50-33(46)35(39,40)41)51(47,48)30-16-14-29(15-17-30)49-22-23-4-2-1-3-5-23/h6-17,23,28,31H,1-5,18-22,42H2/t31-/m0/s1. The predicted molar refractivity (Wildman–Crippen MR) is 178 cm³/mol. The van der Waals surface area contributed by atoms with Gasteiger partial charge in [0.25, 0.3) is 15.9 Å². The van der Waals surface area contributed by atoms with Gasteiger partial charge >= 0.3 is 18.1 Å². The molecule has 1 saturated carbocycles. The third-order valence-corrected chi connectivity index (χ3v) is 10.9. The second kappa shape index (κ2) is 15.8. The van der Waals surface area contributed by atoms with Crippen molar-refractivity contribution in [3.8, 4) is 16.9 Å². The Morgan fingerprint density at radius 2 is 1.39 bits per heavy atom. The largest absolute Gasteiger partial charge is 0.493 e. The maximum Gasteiger partial charge on any atom is 0.492 e. The number of halogens is 6. The van der Waals surface area contributed by atoms with Crippen molar-refractivity contribution in [2.45, 2.75) is 74.0 Å². The van der Waals surface area contributed by atoms with Crippen molar-refractivity contribution in [3.05, 3.63) is 83.4 Å². The number of carbonyl (C=O) groups is 2. The number of ether oxygens (including phenoxy) is 1. The van der Waals surface area contributed by atoms with E-state index in [2.05, 4.69) is 4.84 Å². The van der Waals surface area contributed by atoms with Crippen LogP contribution in [-0.2, 0) is 30.4 Å². The SMILES string of the molecule is NC1CCN(C(=O)[C@H](N(OC(=O)C(F)(F)F)S(=O)(=O)c2ccc(OCC3CCCCC3)cc2)C(F)(F)c2ccc(-c3ccc(Cl)cc3)cc2)CC1. The van der Waals surface area contributed by atoms with Crippen LogP contribution in [0.1, 0.15) is 50.5 Å². The summed E-state index contributed by atoms with van der Waals surface area (Å²) in [7, 11) is -5.58. The van der Waals surface area contributed by atoms with Gasteiger partial charge in [-0.1, -0.05) is 67.3 Å². The average Bonchev–Trinajstić information content (AvgIpc) is 3.11. The summed E-state index contributed by atoms with van der Waals surface area (Å²) in [6.45, 7) is -0.0487. The van der Waals surface area contributed by atoms with E-state index in [9.17, 15) is 31.2 Å². The zero-order chi connectivity index (χ0) is 37.0. The second-order valence-electron chi connectivity index (χ2n) is 12.7. The Kier molecular flexibility index (Phi) is 11.9. The lowest BCUT2D eigenvalue weighted by molar-refractivity contribution is -0.239. The molecule has 276 valence electrons. The Bertz CT molecular complexity index is 1760.